The summed E-state index contributed by atoms with van der Waals surface area (Å²) < 4.78 is 7.68. The molecule has 3 heterocycles. The molecule has 0 radical (unpaired) electrons. The number of amides is 1. The molecule has 0 bridgehead atoms. The largest absolute Gasteiger partial charge is 0.365 e. The predicted octanol–water partition coefficient (Wildman–Crippen LogP) is 1.51. The second-order valence-electron chi connectivity index (χ2n) is 6.77. The fourth-order valence-corrected chi connectivity index (χ4v) is 3.51. The maximum absolute atomic E-state index is 12.7. The molecule has 2 saturated heterocycles. The zero-order chi connectivity index (χ0) is 16.3. The van der Waals surface area contributed by atoms with Crippen molar-refractivity contribution in [3.8, 4) is 0 Å². The Morgan fingerprint density at radius 1 is 1.30 bits per heavy atom. The highest BCUT2D eigenvalue weighted by Gasteiger charge is 2.40. The average Bonchev–Trinajstić information content (AvgIpc) is 3.12. The minimum atomic E-state index is -0.588. The number of carbonyl (C=O) groups is 1. The molecule has 1 aromatic rings. The Balaban J connectivity index is 1.55. The van der Waals surface area contributed by atoms with Crippen molar-refractivity contribution in [2.75, 3.05) is 32.8 Å². The Morgan fingerprint density at radius 3 is 2.87 bits per heavy atom. The topological polar surface area (TPSA) is 50.6 Å². The number of carbonyl (C=O) groups excluding carboxylic acids is 1. The van der Waals surface area contributed by atoms with Crippen LogP contribution in [-0.4, -0.2) is 63.9 Å². The zero-order valence-corrected chi connectivity index (χ0v) is 14.3. The number of aromatic nitrogens is 2. The first kappa shape index (κ1) is 16.5. The molecule has 2 aliphatic heterocycles. The van der Waals surface area contributed by atoms with Gasteiger partial charge < -0.3 is 9.64 Å². The Hall–Kier alpha value is -1.40. The Morgan fingerprint density at radius 2 is 2.17 bits per heavy atom. The number of aryl methyl sites for hydroxylation is 1. The van der Waals surface area contributed by atoms with Gasteiger partial charge in [0.05, 0.1) is 5.69 Å². The van der Waals surface area contributed by atoms with Gasteiger partial charge in [-0.1, -0.05) is 0 Å². The molecule has 3 rings (SSSR count). The van der Waals surface area contributed by atoms with Crippen molar-refractivity contribution in [2.24, 2.45) is 0 Å². The van der Waals surface area contributed by atoms with E-state index in [1.165, 1.54) is 0 Å². The summed E-state index contributed by atoms with van der Waals surface area (Å²) in [6.45, 7) is 10.1. The van der Waals surface area contributed by atoms with Crippen LogP contribution in [0.3, 0.4) is 0 Å². The van der Waals surface area contributed by atoms with Gasteiger partial charge in [-0.05, 0) is 39.2 Å². The summed E-state index contributed by atoms with van der Waals surface area (Å²) in [5.41, 5.74) is 0.521. The first-order valence-electron chi connectivity index (χ1n) is 8.79. The molecule has 0 aromatic carbocycles. The van der Waals surface area contributed by atoms with E-state index in [4.69, 9.17) is 4.74 Å². The molecular formula is C17H28N4O2. The Labute approximate surface area is 138 Å². The minimum Gasteiger partial charge on any atom is -0.365 e. The lowest BCUT2D eigenvalue weighted by Gasteiger charge is -2.30. The summed E-state index contributed by atoms with van der Waals surface area (Å²) in [7, 11) is 0. The third-order valence-electron chi connectivity index (χ3n) is 4.95. The van der Waals surface area contributed by atoms with E-state index >= 15 is 0 Å². The molecule has 0 N–H and O–H groups in total. The first-order valence-corrected chi connectivity index (χ1v) is 8.79. The van der Waals surface area contributed by atoms with Crippen molar-refractivity contribution in [1.82, 2.24) is 19.6 Å². The Bertz CT molecular complexity index is 536. The molecular weight excluding hydrogens is 292 g/mol. The van der Waals surface area contributed by atoms with E-state index in [1.54, 1.807) is 0 Å². The smallest absolute Gasteiger partial charge is 0.254 e. The third kappa shape index (κ3) is 3.75. The van der Waals surface area contributed by atoms with Gasteiger partial charge in [0.2, 0.25) is 0 Å². The Kier molecular flexibility index (Phi) is 5.02. The van der Waals surface area contributed by atoms with Crippen LogP contribution in [0.4, 0.5) is 0 Å². The monoisotopic (exact) mass is 320 g/mol. The van der Waals surface area contributed by atoms with Gasteiger partial charge in [-0.25, -0.2) is 0 Å². The molecule has 1 atom stereocenters. The molecule has 0 saturated carbocycles. The summed E-state index contributed by atoms with van der Waals surface area (Å²) in [4.78, 5) is 17.1. The van der Waals surface area contributed by atoms with Gasteiger partial charge >= 0.3 is 0 Å². The van der Waals surface area contributed by atoms with Crippen LogP contribution in [-0.2, 0) is 22.6 Å². The van der Waals surface area contributed by atoms with Crippen molar-refractivity contribution in [2.45, 2.75) is 51.8 Å². The summed E-state index contributed by atoms with van der Waals surface area (Å²) in [6.07, 6.45) is 4.88. The van der Waals surface area contributed by atoms with E-state index in [1.807, 2.05) is 22.7 Å². The third-order valence-corrected chi connectivity index (χ3v) is 4.95. The van der Waals surface area contributed by atoms with Crippen LogP contribution in [0.5, 0.6) is 0 Å². The standard InChI is InChI=1S/C17H28N4O2/c1-3-21-10-6-15(18-21)14-19-8-5-9-20(12-11-19)16(22)17(2)7-4-13-23-17/h6,10H,3-5,7-9,11-14H2,1-2H3. The quantitative estimate of drug-likeness (QED) is 0.844. The van der Waals surface area contributed by atoms with Gasteiger partial charge in [0.1, 0.15) is 5.60 Å². The van der Waals surface area contributed by atoms with Crippen molar-refractivity contribution in [3.63, 3.8) is 0 Å². The van der Waals surface area contributed by atoms with Crippen molar-refractivity contribution < 1.29 is 9.53 Å². The number of nitrogens with zero attached hydrogens (tertiary/aromatic N) is 4. The zero-order valence-electron chi connectivity index (χ0n) is 14.3. The molecule has 128 valence electrons. The summed E-state index contributed by atoms with van der Waals surface area (Å²) in [6, 6.07) is 2.09. The SMILES string of the molecule is CCn1ccc(CN2CCCN(C(=O)C3(C)CCCO3)CC2)n1. The van der Waals surface area contributed by atoms with Crippen molar-refractivity contribution >= 4 is 5.91 Å². The van der Waals surface area contributed by atoms with Gasteiger partial charge in [0.15, 0.2) is 0 Å². The molecule has 1 unspecified atom stereocenters. The highest BCUT2D eigenvalue weighted by molar-refractivity contribution is 5.85. The minimum absolute atomic E-state index is 0.173. The number of ether oxygens (including phenoxy) is 1. The average molecular weight is 320 g/mol. The second kappa shape index (κ2) is 7.01. The predicted molar refractivity (Wildman–Crippen MR) is 88.0 cm³/mol. The van der Waals surface area contributed by atoms with Crippen LogP contribution < -0.4 is 0 Å². The van der Waals surface area contributed by atoms with Crippen molar-refractivity contribution in [3.05, 3.63) is 18.0 Å². The molecule has 6 heteroatoms. The van der Waals surface area contributed by atoms with Gasteiger partial charge in [-0.3, -0.25) is 14.4 Å². The molecule has 0 aliphatic carbocycles. The van der Waals surface area contributed by atoms with Gasteiger partial charge in [-0.15, -0.1) is 0 Å². The van der Waals surface area contributed by atoms with Crippen LogP contribution in [0, 0.1) is 0 Å². The van der Waals surface area contributed by atoms with Crippen LogP contribution >= 0.6 is 0 Å². The number of hydrogen-bond acceptors (Lipinski definition) is 4. The van der Waals surface area contributed by atoms with Crippen LogP contribution in [0.15, 0.2) is 12.3 Å². The highest BCUT2D eigenvalue weighted by Crippen LogP contribution is 2.27. The van der Waals surface area contributed by atoms with Crippen LogP contribution in [0.1, 0.15) is 38.8 Å². The second-order valence-corrected chi connectivity index (χ2v) is 6.77. The lowest BCUT2D eigenvalue weighted by Crippen LogP contribution is -2.48. The molecule has 6 nitrogen and oxygen atoms in total. The molecule has 0 spiro atoms. The fourth-order valence-electron chi connectivity index (χ4n) is 3.51. The van der Waals surface area contributed by atoms with E-state index in [0.717, 1.165) is 64.2 Å². The van der Waals surface area contributed by atoms with E-state index < -0.39 is 5.60 Å². The summed E-state index contributed by atoms with van der Waals surface area (Å²) >= 11 is 0. The lowest BCUT2D eigenvalue weighted by atomic mass is 10.0. The summed E-state index contributed by atoms with van der Waals surface area (Å²) in [5, 5.41) is 4.56. The highest BCUT2D eigenvalue weighted by atomic mass is 16.5. The maximum Gasteiger partial charge on any atom is 0.254 e. The van der Waals surface area contributed by atoms with Crippen LogP contribution in [0.2, 0.25) is 0 Å². The molecule has 1 amide bonds. The van der Waals surface area contributed by atoms with Gasteiger partial charge in [-0.2, -0.15) is 5.10 Å². The van der Waals surface area contributed by atoms with Crippen molar-refractivity contribution in [1.29, 1.82) is 0 Å². The van der Waals surface area contributed by atoms with E-state index in [0.29, 0.717) is 6.61 Å². The van der Waals surface area contributed by atoms with Crippen LogP contribution in [0.25, 0.3) is 0 Å². The van der Waals surface area contributed by atoms with Gasteiger partial charge in [0, 0.05) is 52.1 Å². The number of rotatable bonds is 4. The van der Waals surface area contributed by atoms with E-state index in [-0.39, 0.29) is 5.91 Å². The maximum atomic E-state index is 12.7. The summed E-state index contributed by atoms with van der Waals surface area (Å²) in [5.74, 6) is 0.173. The lowest BCUT2D eigenvalue weighted by molar-refractivity contribution is -0.150. The molecule has 2 fully saturated rings. The van der Waals surface area contributed by atoms with E-state index in [9.17, 15) is 4.79 Å². The molecule has 1 aromatic heterocycles. The number of hydrogen-bond donors (Lipinski definition) is 0. The first-order chi connectivity index (χ1) is 11.1. The molecule has 23 heavy (non-hydrogen) atoms. The van der Waals surface area contributed by atoms with Gasteiger partial charge in [0.25, 0.3) is 5.91 Å². The molecule has 2 aliphatic rings. The fraction of sp³-hybridized carbons (Fsp3) is 0.765. The van der Waals surface area contributed by atoms with E-state index in [2.05, 4.69) is 23.0 Å². The normalized spacial score (nSPS) is 26.4.